The van der Waals surface area contributed by atoms with Crippen molar-refractivity contribution in [3.8, 4) is 5.75 Å². The van der Waals surface area contributed by atoms with E-state index >= 15 is 0 Å². The maximum atomic E-state index is 9.83. The van der Waals surface area contributed by atoms with Crippen molar-refractivity contribution in [3.05, 3.63) is 27.7 Å². The number of aliphatic hydroxyl groups is 1. The fourth-order valence-corrected chi connectivity index (χ4v) is 2.59. The SMILES string of the molecule is COc1cc(Br)c2c(c1)[C@@H](O)CCC2. The van der Waals surface area contributed by atoms with E-state index in [0.717, 1.165) is 35.0 Å². The third kappa shape index (κ3) is 1.66. The van der Waals surface area contributed by atoms with Gasteiger partial charge in [0.15, 0.2) is 0 Å². The Kier molecular flexibility index (Phi) is 2.79. The van der Waals surface area contributed by atoms with Gasteiger partial charge in [-0.1, -0.05) is 15.9 Å². The molecule has 1 N–H and O–H groups in total. The second-order valence-electron chi connectivity index (χ2n) is 3.59. The van der Waals surface area contributed by atoms with Gasteiger partial charge in [-0.15, -0.1) is 0 Å². The smallest absolute Gasteiger partial charge is 0.120 e. The first-order valence-corrected chi connectivity index (χ1v) is 5.56. The molecule has 0 radical (unpaired) electrons. The highest BCUT2D eigenvalue weighted by molar-refractivity contribution is 9.10. The van der Waals surface area contributed by atoms with Crippen LogP contribution in [0, 0.1) is 0 Å². The number of rotatable bonds is 1. The third-order valence-corrected chi connectivity index (χ3v) is 3.41. The molecule has 0 bridgehead atoms. The van der Waals surface area contributed by atoms with Crippen molar-refractivity contribution in [1.82, 2.24) is 0 Å². The van der Waals surface area contributed by atoms with E-state index in [9.17, 15) is 5.11 Å². The third-order valence-electron chi connectivity index (χ3n) is 2.70. The van der Waals surface area contributed by atoms with Crippen LogP contribution < -0.4 is 4.74 Å². The molecular formula is C11H13BrO2. The van der Waals surface area contributed by atoms with Gasteiger partial charge in [0, 0.05) is 4.47 Å². The van der Waals surface area contributed by atoms with Crippen molar-refractivity contribution in [3.63, 3.8) is 0 Å². The quantitative estimate of drug-likeness (QED) is 0.838. The Labute approximate surface area is 92.0 Å². The van der Waals surface area contributed by atoms with Gasteiger partial charge in [-0.2, -0.15) is 0 Å². The highest BCUT2D eigenvalue weighted by Crippen LogP contribution is 2.37. The van der Waals surface area contributed by atoms with Gasteiger partial charge in [0.05, 0.1) is 13.2 Å². The van der Waals surface area contributed by atoms with Gasteiger partial charge in [-0.25, -0.2) is 0 Å². The van der Waals surface area contributed by atoms with E-state index in [2.05, 4.69) is 15.9 Å². The minimum absolute atomic E-state index is 0.329. The largest absolute Gasteiger partial charge is 0.497 e. The lowest BCUT2D eigenvalue weighted by Gasteiger charge is -2.23. The minimum atomic E-state index is -0.329. The number of methoxy groups -OCH3 is 1. The number of halogens is 1. The molecule has 0 aliphatic heterocycles. The van der Waals surface area contributed by atoms with Crippen LogP contribution in [0.2, 0.25) is 0 Å². The van der Waals surface area contributed by atoms with Crippen LogP contribution in [0.3, 0.4) is 0 Å². The second-order valence-corrected chi connectivity index (χ2v) is 4.44. The van der Waals surface area contributed by atoms with Crippen LogP contribution in [0.1, 0.15) is 30.1 Å². The summed E-state index contributed by atoms with van der Waals surface area (Å²) in [6, 6.07) is 3.89. The fourth-order valence-electron chi connectivity index (χ4n) is 1.94. The minimum Gasteiger partial charge on any atom is -0.497 e. The van der Waals surface area contributed by atoms with Crippen molar-refractivity contribution in [2.24, 2.45) is 0 Å². The lowest BCUT2D eigenvalue weighted by Crippen LogP contribution is -2.10. The van der Waals surface area contributed by atoms with Crippen molar-refractivity contribution >= 4 is 15.9 Å². The van der Waals surface area contributed by atoms with Gasteiger partial charge in [-0.3, -0.25) is 0 Å². The molecular weight excluding hydrogens is 244 g/mol. The predicted molar refractivity (Wildman–Crippen MR) is 58.6 cm³/mol. The molecule has 1 aromatic carbocycles. The summed E-state index contributed by atoms with van der Waals surface area (Å²) in [7, 11) is 1.64. The summed E-state index contributed by atoms with van der Waals surface area (Å²) in [5.41, 5.74) is 2.24. The highest BCUT2D eigenvalue weighted by Gasteiger charge is 2.20. The zero-order chi connectivity index (χ0) is 10.1. The van der Waals surface area contributed by atoms with E-state index in [1.54, 1.807) is 7.11 Å². The number of fused-ring (bicyclic) bond motifs is 1. The van der Waals surface area contributed by atoms with Crippen LogP contribution in [-0.2, 0) is 6.42 Å². The van der Waals surface area contributed by atoms with Crippen molar-refractivity contribution in [2.75, 3.05) is 7.11 Å². The number of hydrogen-bond acceptors (Lipinski definition) is 2. The lowest BCUT2D eigenvalue weighted by atomic mass is 9.89. The van der Waals surface area contributed by atoms with Crippen molar-refractivity contribution < 1.29 is 9.84 Å². The van der Waals surface area contributed by atoms with Crippen LogP contribution in [-0.4, -0.2) is 12.2 Å². The normalized spacial score (nSPS) is 20.4. The van der Waals surface area contributed by atoms with Crippen LogP contribution >= 0.6 is 15.9 Å². The fraction of sp³-hybridized carbons (Fsp3) is 0.455. The first kappa shape index (κ1) is 9.99. The highest BCUT2D eigenvalue weighted by atomic mass is 79.9. The second kappa shape index (κ2) is 3.91. The molecule has 14 heavy (non-hydrogen) atoms. The first-order valence-electron chi connectivity index (χ1n) is 4.76. The number of hydrogen-bond donors (Lipinski definition) is 1. The average Bonchev–Trinajstić information content (AvgIpc) is 2.19. The summed E-state index contributed by atoms with van der Waals surface area (Å²) >= 11 is 3.51. The zero-order valence-corrected chi connectivity index (χ0v) is 9.67. The van der Waals surface area contributed by atoms with Crippen LogP contribution in [0.25, 0.3) is 0 Å². The average molecular weight is 257 g/mol. The molecule has 0 spiro atoms. The Balaban J connectivity index is 2.51. The van der Waals surface area contributed by atoms with E-state index in [1.165, 1.54) is 5.56 Å². The molecule has 0 heterocycles. The molecule has 1 atom stereocenters. The molecule has 0 aromatic heterocycles. The van der Waals surface area contributed by atoms with E-state index in [4.69, 9.17) is 4.74 Å². The van der Waals surface area contributed by atoms with E-state index in [0.29, 0.717) is 0 Å². The topological polar surface area (TPSA) is 29.5 Å². The molecule has 1 aliphatic rings. The first-order chi connectivity index (χ1) is 6.72. The summed E-state index contributed by atoms with van der Waals surface area (Å²) in [4.78, 5) is 0. The van der Waals surface area contributed by atoms with E-state index in [-0.39, 0.29) is 6.10 Å². The Bertz CT molecular complexity index is 349. The van der Waals surface area contributed by atoms with Crippen molar-refractivity contribution in [1.29, 1.82) is 0 Å². The molecule has 76 valence electrons. The van der Waals surface area contributed by atoms with Crippen LogP contribution in [0.4, 0.5) is 0 Å². The predicted octanol–water partition coefficient (Wildman–Crippen LogP) is 2.83. The molecule has 2 rings (SSSR count). The van der Waals surface area contributed by atoms with Gasteiger partial charge in [0.2, 0.25) is 0 Å². The molecule has 0 amide bonds. The maximum Gasteiger partial charge on any atom is 0.120 e. The molecule has 1 aliphatic carbocycles. The molecule has 3 heteroatoms. The van der Waals surface area contributed by atoms with Crippen LogP contribution in [0.5, 0.6) is 5.75 Å². The Morgan fingerprint density at radius 3 is 3.00 bits per heavy atom. The summed E-state index contributed by atoms with van der Waals surface area (Å²) < 4.78 is 6.22. The maximum absolute atomic E-state index is 9.83. The molecule has 0 saturated heterocycles. The summed E-state index contributed by atoms with van der Waals surface area (Å²) in [6.07, 6.45) is 2.62. The van der Waals surface area contributed by atoms with E-state index in [1.807, 2.05) is 12.1 Å². The number of ether oxygens (including phenoxy) is 1. The van der Waals surface area contributed by atoms with Gasteiger partial charge >= 0.3 is 0 Å². The van der Waals surface area contributed by atoms with Crippen LogP contribution in [0.15, 0.2) is 16.6 Å². The molecule has 0 fully saturated rings. The van der Waals surface area contributed by atoms with Gasteiger partial charge in [0.25, 0.3) is 0 Å². The lowest BCUT2D eigenvalue weighted by molar-refractivity contribution is 0.156. The van der Waals surface area contributed by atoms with Crippen molar-refractivity contribution in [2.45, 2.75) is 25.4 Å². The van der Waals surface area contributed by atoms with E-state index < -0.39 is 0 Å². The molecule has 2 nitrogen and oxygen atoms in total. The molecule has 0 unspecified atom stereocenters. The number of aliphatic hydroxyl groups excluding tert-OH is 1. The Morgan fingerprint density at radius 1 is 1.50 bits per heavy atom. The Hall–Kier alpha value is -0.540. The molecule has 0 saturated carbocycles. The van der Waals surface area contributed by atoms with Gasteiger partial charge in [-0.05, 0) is 42.5 Å². The summed E-state index contributed by atoms with van der Waals surface area (Å²) in [6.45, 7) is 0. The van der Waals surface area contributed by atoms with Gasteiger partial charge in [0.1, 0.15) is 5.75 Å². The molecule has 1 aromatic rings. The summed E-state index contributed by atoms with van der Waals surface area (Å²) in [5, 5.41) is 9.83. The summed E-state index contributed by atoms with van der Waals surface area (Å²) in [5.74, 6) is 0.802. The standard InChI is InChI=1S/C11H13BrO2/c1-14-7-5-9-8(10(12)6-7)3-2-4-11(9)13/h5-6,11,13H,2-4H2,1H3/t11-/m0/s1. The monoisotopic (exact) mass is 256 g/mol. The van der Waals surface area contributed by atoms with Gasteiger partial charge < -0.3 is 9.84 Å². The Morgan fingerprint density at radius 2 is 2.29 bits per heavy atom. The zero-order valence-electron chi connectivity index (χ0n) is 8.09. The number of benzene rings is 1.